The van der Waals surface area contributed by atoms with E-state index >= 15 is 0 Å². The highest BCUT2D eigenvalue weighted by Crippen LogP contribution is 2.10. The number of ether oxygens (including phenoxy) is 1. The van der Waals surface area contributed by atoms with E-state index in [2.05, 4.69) is 22.6 Å². The molecule has 0 atom stereocenters. The minimum atomic E-state index is -1.03. The third kappa shape index (κ3) is 3.80. The molecule has 0 spiro atoms. The molecule has 0 bridgehead atoms. The van der Waals surface area contributed by atoms with Crippen LogP contribution in [0.4, 0.5) is 0 Å². The Morgan fingerprint density at radius 3 is 2.62 bits per heavy atom. The molecule has 0 aliphatic heterocycles. The molecule has 0 aliphatic rings. The second-order valence-electron chi connectivity index (χ2n) is 3.05. The first-order valence-electron chi connectivity index (χ1n) is 4.68. The van der Waals surface area contributed by atoms with E-state index in [1.54, 1.807) is 18.2 Å². The molecule has 1 aromatic rings. The lowest BCUT2D eigenvalue weighted by Crippen LogP contribution is -2.12. The lowest BCUT2D eigenvalue weighted by Gasteiger charge is -2.05. The molecule has 0 aromatic heterocycles. The third-order valence-corrected chi connectivity index (χ3v) is 2.36. The fourth-order valence-corrected chi connectivity index (χ4v) is 1.46. The number of alkyl halides is 1. The summed E-state index contributed by atoms with van der Waals surface area (Å²) in [4.78, 5) is 22.2. The van der Waals surface area contributed by atoms with Crippen LogP contribution in [0.3, 0.4) is 0 Å². The molecular formula is C11H11IO4. The van der Waals surface area contributed by atoms with Crippen LogP contribution in [0.1, 0.15) is 15.9 Å². The molecule has 0 unspecified atom stereocenters. The molecule has 1 aromatic carbocycles. The minimum Gasteiger partial charge on any atom is -0.478 e. The van der Waals surface area contributed by atoms with Crippen LogP contribution >= 0.6 is 22.6 Å². The maximum atomic E-state index is 11.3. The van der Waals surface area contributed by atoms with Crippen molar-refractivity contribution in [2.45, 2.75) is 6.42 Å². The van der Waals surface area contributed by atoms with Gasteiger partial charge in [-0.1, -0.05) is 40.8 Å². The molecule has 1 rings (SSSR count). The van der Waals surface area contributed by atoms with Crippen LogP contribution in [0, 0.1) is 0 Å². The first-order valence-corrected chi connectivity index (χ1v) is 6.20. The zero-order valence-corrected chi connectivity index (χ0v) is 10.6. The van der Waals surface area contributed by atoms with Gasteiger partial charge in [0.15, 0.2) is 0 Å². The number of carbonyl (C=O) groups is 2. The van der Waals surface area contributed by atoms with Crippen molar-refractivity contribution in [3.8, 4) is 0 Å². The van der Waals surface area contributed by atoms with Crippen LogP contribution in [0.2, 0.25) is 0 Å². The highest BCUT2D eigenvalue weighted by atomic mass is 127. The maximum Gasteiger partial charge on any atom is 0.335 e. The summed E-state index contributed by atoms with van der Waals surface area (Å²) >= 11 is 2.10. The van der Waals surface area contributed by atoms with E-state index in [4.69, 9.17) is 9.84 Å². The Bertz CT molecular complexity index is 389. The average Bonchev–Trinajstić information content (AvgIpc) is 2.27. The Hall–Kier alpha value is -1.11. The van der Waals surface area contributed by atoms with Gasteiger partial charge in [-0.05, 0) is 11.6 Å². The quantitative estimate of drug-likeness (QED) is 0.508. The van der Waals surface area contributed by atoms with Gasteiger partial charge in [-0.2, -0.15) is 0 Å². The van der Waals surface area contributed by atoms with Gasteiger partial charge in [0.1, 0.15) is 6.61 Å². The highest BCUT2D eigenvalue weighted by Gasteiger charge is 2.12. The lowest BCUT2D eigenvalue weighted by molar-refractivity contribution is -0.142. The number of benzene rings is 1. The zero-order valence-electron chi connectivity index (χ0n) is 8.48. The summed E-state index contributed by atoms with van der Waals surface area (Å²) in [6, 6.07) is 6.43. The Morgan fingerprint density at radius 1 is 1.31 bits per heavy atom. The van der Waals surface area contributed by atoms with Gasteiger partial charge >= 0.3 is 11.9 Å². The molecule has 1 N–H and O–H groups in total. The fourth-order valence-electron chi connectivity index (χ4n) is 1.24. The Labute approximate surface area is 107 Å². The van der Waals surface area contributed by atoms with Crippen LogP contribution in [0.25, 0.3) is 0 Å². The molecule has 16 heavy (non-hydrogen) atoms. The summed E-state index contributed by atoms with van der Waals surface area (Å²) < 4.78 is 5.62. The Morgan fingerprint density at radius 2 is 2.00 bits per heavy atom. The molecular weight excluding hydrogens is 323 g/mol. The van der Waals surface area contributed by atoms with E-state index in [0.29, 0.717) is 12.2 Å². The van der Waals surface area contributed by atoms with Gasteiger partial charge in [0.2, 0.25) is 0 Å². The van der Waals surface area contributed by atoms with Crippen LogP contribution in [-0.2, 0) is 16.0 Å². The third-order valence-electron chi connectivity index (χ3n) is 1.92. The van der Waals surface area contributed by atoms with Crippen molar-refractivity contribution in [3.63, 3.8) is 0 Å². The molecule has 0 heterocycles. The van der Waals surface area contributed by atoms with E-state index in [1.165, 1.54) is 6.07 Å². The van der Waals surface area contributed by atoms with Crippen LogP contribution in [0.15, 0.2) is 24.3 Å². The maximum absolute atomic E-state index is 11.3. The van der Waals surface area contributed by atoms with Crippen molar-refractivity contribution in [2.75, 3.05) is 11.0 Å². The molecule has 0 fully saturated rings. The second-order valence-corrected chi connectivity index (χ2v) is 4.13. The van der Waals surface area contributed by atoms with Gasteiger partial charge in [0.05, 0.1) is 12.0 Å². The normalized spacial score (nSPS) is 9.81. The van der Waals surface area contributed by atoms with Crippen molar-refractivity contribution in [1.29, 1.82) is 0 Å². The van der Waals surface area contributed by atoms with Crippen molar-refractivity contribution >= 4 is 34.5 Å². The van der Waals surface area contributed by atoms with Gasteiger partial charge in [0, 0.05) is 4.43 Å². The number of hydrogen-bond donors (Lipinski definition) is 1. The molecule has 5 heteroatoms. The van der Waals surface area contributed by atoms with Crippen LogP contribution in [-0.4, -0.2) is 28.1 Å². The van der Waals surface area contributed by atoms with Crippen LogP contribution < -0.4 is 0 Å². The standard InChI is InChI=1S/C11H11IO4/c12-5-6-16-10(13)7-8-3-1-2-4-9(8)11(14)15/h1-4H,5-7H2,(H,14,15). The number of rotatable bonds is 5. The zero-order chi connectivity index (χ0) is 12.0. The number of carboxylic acid groups (broad SMARTS) is 1. The van der Waals surface area contributed by atoms with Gasteiger partial charge in [0.25, 0.3) is 0 Å². The summed E-state index contributed by atoms with van der Waals surface area (Å²) in [7, 11) is 0. The first-order chi connectivity index (χ1) is 7.65. The van der Waals surface area contributed by atoms with E-state index in [-0.39, 0.29) is 12.0 Å². The summed E-state index contributed by atoms with van der Waals surface area (Å²) in [6.45, 7) is 0.356. The van der Waals surface area contributed by atoms with Crippen molar-refractivity contribution in [1.82, 2.24) is 0 Å². The largest absolute Gasteiger partial charge is 0.478 e. The smallest absolute Gasteiger partial charge is 0.335 e. The minimum absolute atomic E-state index is 0.000880. The average molecular weight is 334 g/mol. The van der Waals surface area contributed by atoms with Gasteiger partial charge in [-0.15, -0.1) is 0 Å². The van der Waals surface area contributed by atoms with E-state index in [0.717, 1.165) is 4.43 Å². The molecule has 0 saturated carbocycles. The number of carbonyl (C=O) groups excluding carboxylic acids is 1. The number of carboxylic acids is 1. The highest BCUT2D eigenvalue weighted by molar-refractivity contribution is 14.1. The van der Waals surface area contributed by atoms with Crippen molar-refractivity contribution in [3.05, 3.63) is 35.4 Å². The molecule has 0 radical (unpaired) electrons. The molecule has 86 valence electrons. The SMILES string of the molecule is O=C(Cc1ccccc1C(=O)O)OCCI. The number of aromatic carboxylic acids is 1. The van der Waals surface area contributed by atoms with E-state index in [9.17, 15) is 9.59 Å². The molecule has 4 nitrogen and oxygen atoms in total. The number of esters is 1. The van der Waals surface area contributed by atoms with Gasteiger partial charge in [-0.3, -0.25) is 4.79 Å². The predicted octanol–water partition coefficient (Wildman–Crippen LogP) is 1.91. The Balaban J connectivity index is 2.73. The van der Waals surface area contributed by atoms with Crippen LogP contribution in [0.5, 0.6) is 0 Å². The Kier molecular flexibility index (Phi) is 5.24. The van der Waals surface area contributed by atoms with Crippen molar-refractivity contribution < 1.29 is 19.4 Å². The fraction of sp³-hybridized carbons (Fsp3) is 0.273. The second kappa shape index (κ2) is 6.47. The summed E-state index contributed by atoms with van der Waals surface area (Å²) in [5, 5.41) is 8.90. The molecule has 0 amide bonds. The monoisotopic (exact) mass is 334 g/mol. The van der Waals surface area contributed by atoms with Gasteiger partial charge in [-0.25, -0.2) is 4.79 Å². The summed E-state index contributed by atoms with van der Waals surface area (Å²) in [5.41, 5.74) is 0.627. The molecule has 0 aliphatic carbocycles. The summed E-state index contributed by atoms with van der Waals surface area (Å²) in [5.74, 6) is -1.43. The lowest BCUT2D eigenvalue weighted by atomic mass is 10.1. The number of hydrogen-bond acceptors (Lipinski definition) is 3. The first kappa shape index (κ1) is 13.0. The van der Waals surface area contributed by atoms with Gasteiger partial charge < -0.3 is 9.84 Å². The summed E-state index contributed by atoms with van der Waals surface area (Å²) in [6.07, 6.45) is -0.000880. The predicted molar refractivity (Wildman–Crippen MR) is 67.0 cm³/mol. The van der Waals surface area contributed by atoms with E-state index in [1.807, 2.05) is 0 Å². The topological polar surface area (TPSA) is 63.6 Å². The van der Waals surface area contributed by atoms with Crippen molar-refractivity contribution in [2.24, 2.45) is 0 Å². The van der Waals surface area contributed by atoms with E-state index < -0.39 is 11.9 Å². The molecule has 0 saturated heterocycles. The number of halogens is 1.